The zero-order valence-corrected chi connectivity index (χ0v) is 23.7. The highest BCUT2D eigenvalue weighted by atomic mass is 16.5. The summed E-state index contributed by atoms with van der Waals surface area (Å²) in [6.45, 7) is 4.79. The van der Waals surface area contributed by atoms with E-state index in [4.69, 9.17) is 18.9 Å². The Bertz CT molecular complexity index is 1160. The molecular weight excluding hydrogens is 504 g/mol. The van der Waals surface area contributed by atoms with E-state index in [-0.39, 0.29) is 5.91 Å². The van der Waals surface area contributed by atoms with E-state index in [0.29, 0.717) is 61.8 Å². The van der Waals surface area contributed by atoms with E-state index in [0.717, 1.165) is 38.1 Å². The van der Waals surface area contributed by atoms with E-state index in [1.165, 1.54) is 5.56 Å². The van der Waals surface area contributed by atoms with Crippen LogP contribution in [-0.2, 0) is 11.2 Å². The van der Waals surface area contributed by atoms with E-state index >= 15 is 0 Å². The summed E-state index contributed by atoms with van der Waals surface area (Å²) in [5, 5.41) is 3.56. The lowest BCUT2D eigenvalue weighted by Gasteiger charge is -2.29. The summed E-state index contributed by atoms with van der Waals surface area (Å²) in [6.07, 6.45) is 2.49. The second-order valence-corrected chi connectivity index (χ2v) is 10.2. The Morgan fingerprint density at radius 3 is 2.30 bits per heavy atom. The molecule has 1 saturated heterocycles. The highest BCUT2D eigenvalue weighted by molar-refractivity contribution is 5.95. The van der Waals surface area contributed by atoms with Gasteiger partial charge in [0.05, 0.1) is 20.3 Å². The van der Waals surface area contributed by atoms with Crippen LogP contribution in [0, 0.1) is 11.8 Å². The van der Waals surface area contributed by atoms with Crippen molar-refractivity contribution in [3.8, 4) is 17.2 Å². The summed E-state index contributed by atoms with van der Waals surface area (Å²) in [4.78, 5) is 15.9. The molecule has 1 N–H and O–H groups in total. The fourth-order valence-electron chi connectivity index (χ4n) is 5.17. The van der Waals surface area contributed by atoms with Crippen LogP contribution in [-0.4, -0.2) is 71.0 Å². The van der Waals surface area contributed by atoms with Gasteiger partial charge in [0.25, 0.3) is 5.91 Å². The summed E-state index contributed by atoms with van der Waals surface area (Å²) in [5.41, 5.74) is 1.93. The molecular formula is C33H42N2O5. The van der Waals surface area contributed by atoms with Crippen LogP contribution in [0.15, 0.2) is 78.9 Å². The van der Waals surface area contributed by atoms with Crippen LogP contribution in [0.4, 0.5) is 0 Å². The van der Waals surface area contributed by atoms with E-state index in [1.807, 2.05) is 47.4 Å². The molecule has 3 aromatic carbocycles. The maximum absolute atomic E-state index is 13.9. The van der Waals surface area contributed by atoms with Crippen LogP contribution in [0.2, 0.25) is 0 Å². The average Bonchev–Trinajstić information content (AvgIpc) is 3.43. The van der Waals surface area contributed by atoms with Gasteiger partial charge in [0, 0.05) is 38.8 Å². The number of carbonyl (C=O) groups excluding carboxylic acids is 1. The second-order valence-electron chi connectivity index (χ2n) is 10.2. The minimum Gasteiger partial charge on any atom is -0.494 e. The van der Waals surface area contributed by atoms with Crippen molar-refractivity contribution in [3.63, 3.8) is 0 Å². The maximum Gasteiger partial charge on any atom is 0.254 e. The lowest BCUT2D eigenvalue weighted by molar-refractivity contribution is 0.0709. The standard InChI is InChI=1S/C33H42N2O5/c1-37-18-10-20-40-32-22-27(15-16-31(32)38-2)33(36)35(17-9-19-39-30-13-7-4-8-14-30)25-29-24-34-23-28(29)21-26-11-5-3-6-12-26/h3-8,11-16,22,28-29,34H,9-10,17-21,23-25H2,1-2H3/t28-,29-/m0/s1. The molecule has 4 rings (SSSR count). The van der Waals surface area contributed by atoms with Gasteiger partial charge in [0.2, 0.25) is 0 Å². The number of methoxy groups -OCH3 is 2. The minimum atomic E-state index is -0.00512. The number of nitrogens with one attached hydrogen (secondary N) is 1. The SMILES string of the molecule is COCCCOc1cc(C(=O)N(CCCOc2ccccc2)C[C@@H]2CNC[C@@H]2Cc2ccccc2)ccc1OC. The monoisotopic (exact) mass is 546 g/mol. The molecule has 1 amide bonds. The number of ether oxygens (including phenoxy) is 4. The van der Waals surface area contributed by atoms with Crippen LogP contribution < -0.4 is 19.5 Å². The van der Waals surface area contributed by atoms with Gasteiger partial charge in [-0.1, -0.05) is 48.5 Å². The van der Waals surface area contributed by atoms with E-state index in [9.17, 15) is 4.79 Å². The van der Waals surface area contributed by atoms with Gasteiger partial charge in [0.15, 0.2) is 11.5 Å². The Hall–Kier alpha value is -3.55. The molecule has 7 heteroatoms. The Morgan fingerprint density at radius 1 is 0.825 bits per heavy atom. The summed E-state index contributed by atoms with van der Waals surface area (Å²) < 4.78 is 22.5. The molecule has 3 aromatic rings. The number of carbonyl (C=O) groups is 1. The number of benzene rings is 3. The van der Waals surface area contributed by atoms with E-state index in [1.54, 1.807) is 20.3 Å². The van der Waals surface area contributed by atoms with Gasteiger partial charge >= 0.3 is 0 Å². The molecule has 0 unspecified atom stereocenters. The predicted octanol–water partition coefficient (Wildman–Crippen LogP) is 5.10. The van der Waals surface area contributed by atoms with Crippen molar-refractivity contribution in [2.75, 3.05) is 60.2 Å². The summed E-state index contributed by atoms with van der Waals surface area (Å²) in [5.74, 6) is 2.85. The first-order chi connectivity index (χ1) is 19.7. The normalized spacial score (nSPS) is 16.4. The van der Waals surface area contributed by atoms with Crippen molar-refractivity contribution in [2.45, 2.75) is 19.3 Å². The first kappa shape index (κ1) is 29.4. The van der Waals surface area contributed by atoms with Crippen LogP contribution in [0.25, 0.3) is 0 Å². The summed E-state index contributed by atoms with van der Waals surface area (Å²) in [6, 6.07) is 25.8. The van der Waals surface area contributed by atoms with Crippen molar-refractivity contribution in [1.29, 1.82) is 0 Å². The smallest absolute Gasteiger partial charge is 0.254 e. The zero-order chi connectivity index (χ0) is 28.0. The third-order valence-electron chi connectivity index (χ3n) is 7.31. The number of nitrogens with zero attached hydrogens (tertiary/aromatic N) is 1. The van der Waals surface area contributed by atoms with Gasteiger partial charge in [-0.05, 0) is 73.7 Å². The maximum atomic E-state index is 13.9. The number of hydrogen-bond acceptors (Lipinski definition) is 6. The first-order valence-corrected chi connectivity index (χ1v) is 14.2. The molecule has 0 spiro atoms. The van der Waals surface area contributed by atoms with Crippen molar-refractivity contribution in [1.82, 2.24) is 10.2 Å². The summed E-state index contributed by atoms with van der Waals surface area (Å²) in [7, 11) is 3.28. The molecule has 1 aliphatic rings. The van der Waals surface area contributed by atoms with Gasteiger partial charge < -0.3 is 29.2 Å². The van der Waals surface area contributed by atoms with Crippen molar-refractivity contribution in [3.05, 3.63) is 90.0 Å². The Labute approximate surface area is 238 Å². The number of para-hydroxylation sites is 1. The quantitative estimate of drug-likeness (QED) is 0.252. The third-order valence-corrected chi connectivity index (χ3v) is 7.31. The van der Waals surface area contributed by atoms with E-state index < -0.39 is 0 Å². The van der Waals surface area contributed by atoms with Crippen LogP contribution in [0.3, 0.4) is 0 Å². The lowest BCUT2D eigenvalue weighted by atomic mass is 9.89. The highest BCUT2D eigenvalue weighted by Gasteiger charge is 2.30. The molecule has 0 saturated carbocycles. The largest absolute Gasteiger partial charge is 0.494 e. The molecule has 0 aliphatic carbocycles. The molecule has 1 fully saturated rings. The predicted molar refractivity (Wildman–Crippen MR) is 157 cm³/mol. The van der Waals surface area contributed by atoms with Gasteiger partial charge in [0.1, 0.15) is 5.75 Å². The Kier molecular flexibility index (Phi) is 11.7. The average molecular weight is 547 g/mol. The molecule has 40 heavy (non-hydrogen) atoms. The highest BCUT2D eigenvalue weighted by Crippen LogP contribution is 2.30. The molecule has 0 aromatic heterocycles. The van der Waals surface area contributed by atoms with Gasteiger partial charge in [-0.2, -0.15) is 0 Å². The topological polar surface area (TPSA) is 69.3 Å². The van der Waals surface area contributed by atoms with Crippen molar-refractivity contribution in [2.24, 2.45) is 11.8 Å². The first-order valence-electron chi connectivity index (χ1n) is 14.2. The van der Waals surface area contributed by atoms with E-state index in [2.05, 4.69) is 35.6 Å². The zero-order valence-electron chi connectivity index (χ0n) is 23.7. The third kappa shape index (κ3) is 8.73. The molecule has 214 valence electrons. The molecule has 0 bridgehead atoms. The van der Waals surface area contributed by atoms with Crippen LogP contribution in [0.5, 0.6) is 17.2 Å². The molecule has 0 radical (unpaired) electrons. The lowest BCUT2D eigenvalue weighted by Crippen LogP contribution is -2.39. The number of hydrogen-bond donors (Lipinski definition) is 1. The van der Waals surface area contributed by atoms with Crippen LogP contribution >= 0.6 is 0 Å². The van der Waals surface area contributed by atoms with Crippen molar-refractivity contribution < 1.29 is 23.7 Å². The molecule has 1 heterocycles. The number of rotatable bonds is 16. The Balaban J connectivity index is 1.46. The molecule has 1 aliphatic heterocycles. The molecule has 2 atom stereocenters. The minimum absolute atomic E-state index is 0.00512. The summed E-state index contributed by atoms with van der Waals surface area (Å²) >= 11 is 0. The Morgan fingerprint density at radius 2 is 1.55 bits per heavy atom. The fourth-order valence-corrected chi connectivity index (χ4v) is 5.17. The molecule has 7 nitrogen and oxygen atoms in total. The van der Waals surface area contributed by atoms with Gasteiger partial charge in [-0.3, -0.25) is 4.79 Å². The van der Waals surface area contributed by atoms with Crippen LogP contribution in [0.1, 0.15) is 28.8 Å². The van der Waals surface area contributed by atoms with Gasteiger partial charge in [-0.25, -0.2) is 0 Å². The van der Waals surface area contributed by atoms with Gasteiger partial charge in [-0.15, -0.1) is 0 Å². The van der Waals surface area contributed by atoms with Crippen molar-refractivity contribution >= 4 is 5.91 Å². The second kappa shape index (κ2) is 15.9. The number of amides is 1. The fraction of sp³-hybridized carbons (Fsp3) is 0.424.